The number of carbonyl (C=O) groups excluding carboxylic acids is 1. The Kier molecular flexibility index (Phi) is 7.08. The molecule has 3 aromatic carbocycles. The van der Waals surface area contributed by atoms with Gasteiger partial charge in [0.15, 0.2) is 0 Å². The van der Waals surface area contributed by atoms with E-state index in [0.717, 1.165) is 29.2 Å². The van der Waals surface area contributed by atoms with Crippen molar-refractivity contribution in [3.05, 3.63) is 84.4 Å². The van der Waals surface area contributed by atoms with Crippen LogP contribution in [0.15, 0.2) is 78.9 Å². The number of ether oxygens (including phenoxy) is 1. The van der Waals surface area contributed by atoms with E-state index in [4.69, 9.17) is 4.74 Å². The van der Waals surface area contributed by atoms with E-state index < -0.39 is 0 Å². The summed E-state index contributed by atoms with van der Waals surface area (Å²) in [5.74, 6) is 0.658. The Morgan fingerprint density at radius 2 is 1.43 bits per heavy atom. The predicted molar refractivity (Wildman–Crippen MR) is 116 cm³/mol. The molecule has 2 N–H and O–H groups in total. The monoisotopic (exact) mass is 374 g/mol. The van der Waals surface area contributed by atoms with Gasteiger partial charge in [-0.2, -0.15) is 0 Å². The largest absolute Gasteiger partial charge is 0.494 e. The van der Waals surface area contributed by atoms with Gasteiger partial charge in [-0.1, -0.05) is 38.0 Å². The number of rotatable bonds is 9. The third-order valence-electron chi connectivity index (χ3n) is 4.34. The Hall–Kier alpha value is -3.27. The van der Waals surface area contributed by atoms with E-state index in [1.807, 2.05) is 66.7 Å². The molecule has 28 heavy (non-hydrogen) atoms. The van der Waals surface area contributed by atoms with Crippen molar-refractivity contribution in [1.29, 1.82) is 0 Å². The first kappa shape index (κ1) is 19.5. The Balaban J connectivity index is 1.52. The third-order valence-corrected chi connectivity index (χ3v) is 4.34. The van der Waals surface area contributed by atoms with E-state index in [2.05, 4.69) is 17.6 Å². The number of unbranched alkanes of at least 4 members (excludes halogenated alkanes) is 2. The molecule has 4 heteroatoms. The van der Waals surface area contributed by atoms with Crippen molar-refractivity contribution in [2.45, 2.75) is 26.2 Å². The summed E-state index contributed by atoms with van der Waals surface area (Å²) < 4.78 is 5.68. The van der Waals surface area contributed by atoms with Crippen LogP contribution in [0.1, 0.15) is 36.5 Å². The van der Waals surface area contributed by atoms with Gasteiger partial charge < -0.3 is 15.4 Å². The zero-order valence-corrected chi connectivity index (χ0v) is 16.2. The molecule has 0 saturated carbocycles. The van der Waals surface area contributed by atoms with Crippen LogP contribution in [0, 0.1) is 0 Å². The summed E-state index contributed by atoms with van der Waals surface area (Å²) in [7, 11) is 0. The predicted octanol–water partition coefficient (Wildman–Crippen LogP) is 6.25. The fourth-order valence-electron chi connectivity index (χ4n) is 2.77. The lowest BCUT2D eigenvalue weighted by molar-refractivity contribution is 0.102. The topological polar surface area (TPSA) is 50.4 Å². The van der Waals surface area contributed by atoms with Gasteiger partial charge in [-0.05, 0) is 67.1 Å². The number of nitrogens with one attached hydrogen (secondary N) is 2. The molecule has 0 fully saturated rings. The molecular weight excluding hydrogens is 348 g/mol. The number of anilines is 3. The molecule has 0 aliphatic rings. The molecule has 0 radical (unpaired) electrons. The van der Waals surface area contributed by atoms with E-state index in [0.29, 0.717) is 12.2 Å². The van der Waals surface area contributed by atoms with Gasteiger partial charge in [0, 0.05) is 22.6 Å². The summed E-state index contributed by atoms with van der Waals surface area (Å²) in [6, 6.07) is 24.9. The number of amides is 1. The lowest BCUT2D eigenvalue weighted by atomic mass is 10.2. The van der Waals surface area contributed by atoms with Crippen LogP contribution in [0.4, 0.5) is 17.1 Å². The van der Waals surface area contributed by atoms with E-state index in [9.17, 15) is 4.79 Å². The first-order chi connectivity index (χ1) is 13.7. The average Bonchev–Trinajstić information content (AvgIpc) is 2.74. The minimum atomic E-state index is -0.138. The quantitative estimate of drug-likeness (QED) is 0.435. The lowest BCUT2D eigenvalue weighted by Crippen LogP contribution is -2.11. The second-order valence-electron chi connectivity index (χ2n) is 6.60. The molecule has 0 aliphatic carbocycles. The number of carbonyl (C=O) groups is 1. The first-order valence-electron chi connectivity index (χ1n) is 9.71. The Bertz CT molecular complexity index is 859. The van der Waals surface area contributed by atoms with Crippen molar-refractivity contribution < 1.29 is 9.53 Å². The van der Waals surface area contributed by atoms with Crippen LogP contribution in [-0.2, 0) is 0 Å². The maximum absolute atomic E-state index is 12.4. The van der Waals surface area contributed by atoms with Gasteiger partial charge in [0.05, 0.1) is 6.61 Å². The van der Waals surface area contributed by atoms with Crippen LogP contribution in [0.25, 0.3) is 0 Å². The first-order valence-corrected chi connectivity index (χ1v) is 9.71. The Labute approximate surface area is 166 Å². The molecule has 0 bridgehead atoms. The molecule has 1 amide bonds. The van der Waals surface area contributed by atoms with Crippen LogP contribution in [0.2, 0.25) is 0 Å². The number of hydrogen-bond acceptors (Lipinski definition) is 3. The van der Waals surface area contributed by atoms with Crippen molar-refractivity contribution >= 4 is 23.0 Å². The van der Waals surface area contributed by atoms with Crippen molar-refractivity contribution in [2.75, 3.05) is 17.2 Å². The van der Waals surface area contributed by atoms with E-state index in [1.54, 1.807) is 12.1 Å². The summed E-state index contributed by atoms with van der Waals surface area (Å²) in [6.07, 6.45) is 3.39. The standard InChI is InChI=1S/C24H26N2O2/c1-2-3-7-18-28-23-16-10-19(11-17-23)24(27)26-22-14-12-21(13-15-22)25-20-8-5-4-6-9-20/h4-6,8-17,25H,2-3,7,18H2,1H3,(H,26,27). The smallest absolute Gasteiger partial charge is 0.255 e. The highest BCUT2D eigenvalue weighted by atomic mass is 16.5. The Morgan fingerprint density at radius 1 is 0.786 bits per heavy atom. The fourth-order valence-corrected chi connectivity index (χ4v) is 2.77. The van der Waals surface area contributed by atoms with E-state index in [-0.39, 0.29) is 5.91 Å². The lowest BCUT2D eigenvalue weighted by Gasteiger charge is -2.09. The maximum atomic E-state index is 12.4. The molecular formula is C24H26N2O2. The van der Waals surface area contributed by atoms with Crippen molar-refractivity contribution in [1.82, 2.24) is 0 Å². The van der Waals surface area contributed by atoms with Crippen LogP contribution in [0.3, 0.4) is 0 Å². The Morgan fingerprint density at radius 3 is 2.11 bits per heavy atom. The zero-order chi connectivity index (χ0) is 19.6. The second kappa shape index (κ2) is 10.2. The second-order valence-corrected chi connectivity index (χ2v) is 6.60. The van der Waals surface area contributed by atoms with Crippen LogP contribution >= 0.6 is 0 Å². The number of para-hydroxylation sites is 1. The molecule has 144 valence electrons. The summed E-state index contributed by atoms with van der Waals surface area (Å²) in [5.41, 5.74) is 3.35. The van der Waals surface area contributed by atoms with Gasteiger partial charge in [0.25, 0.3) is 5.91 Å². The molecule has 0 saturated heterocycles. The fraction of sp³-hybridized carbons (Fsp3) is 0.208. The highest BCUT2D eigenvalue weighted by Crippen LogP contribution is 2.20. The zero-order valence-electron chi connectivity index (χ0n) is 16.2. The van der Waals surface area contributed by atoms with Gasteiger partial charge in [-0.15, -0.1) is 0 Å². The highest BCUT2D eigenvalue weighted by molar-refractivity contribution is 6.04. The molecule has 0 aromatic heterocycles. The molecule has 4 nitrogen and oxygen atoms in total. The molecule has 0 aliphatic heterocycles. The maximum Gasteiger partial charge on any atom is 0.255 e. The third kappa shape index (κ3) is 5.88. The van der Waals surface area contributed by atoms with Gasteiger partial charge >= 0.3 is 0 Å². The summed E-state index contributed by atoms with van der Waals surface area (Å²) in [5, 5.41) is 6.24. The van der Waals surface area contributed by atoms with Gasteiger partial charge in [-0.25, -0.2) is 0 Å². The van der Waals surface area contributed by atoms with Crippen LogP contribution in [-0.4, -0.2) is 12.5 Å². The normalized spacial score (nSPS) is 10.3. The minimum Gasteiger partial charge on any atom is -0.494 e. The summed E-state index contributed by atoms with van der Waals surface area (Å²) >= 11 is 0. The van der Waals surface area contributed by atoms with E-state index in [1.165, 1.54) is 12.8 Å². The van der Waals surface area contributed by atoms with Gasteiger partial charge in [-0.3, -0.25) is 4.79 Å². The molecule has 0 atom stereocenters. The molecule has 0 unspecified atom stereocenters. The summed E-state index contributed by atoms with van der Waals surface area (Å²) in [6.45, 7) is 2.88. The van der Waals surface area contributed by atoms with Crippen molar-refractivity contribution in [3.63, 3.8) is 0 Å². The van der Waals surface area contributed by atoms with Gasteiger partial charge in [0.1, 0.15) is 5.75 Å². The molecule has 3 rings (SSSR count). The minimum absolute atomic E-state index is 0.138. The van der Waals surface area contributed by atoms with Crippen LogP contribution in [0.5, 0.6) is 5.75 Å². The molecule has 0 heterocycles. The van der Waals surface area contributed by atoms with E-state index >= 15 is 0 Å². The van der Waals surface area contributed by atoms with Gasteiger partial charge in [0.2, 0.25) is 0 Å². The summed E-state index contributed by atoms with van der Waals surface area (Å²) in [4.78, 5) is 12.4. The molecule has 0 spiro atoms. The highest BCUT2D eigenvalue weighted by Gasteiger charge is 2.06. The molecule has 3 aromatic rings. The SMILES string of the molecule is CCCCCOc1ccc(C(=O)Nc2ccc(Nc3ccccc3)cc2)cc1. The average molecular weight is 374 g/mol. The number of hydrogen-bond donors (Lipinski definition) is 2. The van der Waals surface area contributed by atoms with Crippen molar-refractivity contribution in [3.8, 4) is 5.75 Å². The number of benzene rings is 3. The van der Waals surface area contributed by atoms with Crippen LogP contribution < -0.4 is 15.4 Å². The van der Waals surface area contributed by atoms with Crippen molar-refractivity contribution in [2.24, 2.45) is 0 Å².